The number of hydrogen-bond acceptors (Lipinski definition) is 1. The second kappa shape index (κ2) is 3.10. The number of nitrogens with zero attached hydrogens (tertiary/aromatic N) is 1. The minimum Gasteiger partial charge on any atom is -0.672 e. The molecule has 0 aliphatic rings. The Morgan fingerprint density at radius 1 is 1.42 bits per heavy atom. The molecule has 0 fully saturated rings. The van der Waals surface area contributed by atoms with Crippen LogP contribution in [0.2, 0.25) is 0 Å². The molecule has 0 spiro atoms. The molecule has 1 rings (SSSR count). The molecule has 0 radical (unpaired) electrons. The number of aromatic nitrogens is 1. The van der Waals surface area contributed by atoms with Crippen molar-refractivity contribution in [3.8, 4) is 0 Å². The molecule has 1 heterocycles. The molecule has 66 valence electrons. The van der Waals surface area contributed by atoms with Crippen molar-refractivity contribution in [2.45, 2.75) is 12.7 Å². The maximum atomic E-state index is 12.0. The van der Waals surface area contributed by atoms with E-state index in [9.17, 15) is 13.2 Å². The molecule has 1 aromatic heterocycles. The van der Waals surface area contributed by atoms with Gasteiger partial charge in [-0.05, 0) is 12.1 Å². The van der Waals surface area contributed by atoms with Crippen LogP contribution in [0.1, 0.15) is 11.3 Å². The fourth-order valence-corrected chi connectivity index (χ4v) is 0.751. The predicted molar refractivity (Wildman–Crippen MR) is 37.3 cm³/mol. The summed E-state index contributed by atoms with van der Waals surface area (Å²) in [5, 5.41) is 0. The Bertz CT molecular complexity index is 270. The first-order valence-electron chi connectivity index (χ1n) is 3.21. The first kappa shape index (κ1) is 8.99. The van der Waals surface area contributed by atoms with E-state index in [4.69, 9.17) is 5.73 Å². The third-order valence-electron chi connectivity index (χ3n) is 1.33. The summed E-state index contributed by atoms with van der Waals surface area (Å²) < 4.78 is 36.0. The number of hydrogen-bond donors (Lipinski definition) is 0. The summed E-state index contributed by atoms with van der Waals surface area (Å²) >= 11 is 0. The number of halogens is 3. The molecule has 0 unspecified atom stereocenters. The first-order valence-corrected chi connectivity index (χ1v) is 3.21. The summed E-state index contributed by atoms with van der Waals surface area (Å²) in [6.07, 6.45) is -3.28. The van der Waals surface area contributed by atoms with Crippen molar-refractivity contribution >= 4 is 0 Å². The van der Waals surface area contributed by atoms with Crippen molar-refractivity contribution in [2.75, 3.05) is 0 Å². The van der Waals surface area contributed by atoms with Crippen LogP contribution in [0.25, 0.3) is 5.73 Å². The summed E-state index contributed by atoms with van der Waals surface area (Å²) in [6.45, 7) is -0.232. The maximum Gasteiger partial charge on any atom is 0.416 e. The lowest BCUT2D eigenvalue weighted by molar-refractivity contribution is -0.137. The molecule has 0 saturated heterocycles. The average molecular weight is 175 g/mol. The van der Waals surface area contributed by atoms with E-state index in [1.807, 2.05) is 0 Å². The van der Waals surface area contributed by atoms with Gasteiger partial charge in [0, 0.05) is 11.9 Å². The standard InChI is InChI=1S/C7H6F3N2/c8-7(9,10)5-1-2-12-6(3-5)4-11/h1-3,11H,4H2/q-1. The van der Waals surface area contributed by atoms with Gasteiger partial charge in [0.1, 0.15) is 0 Å². The highest BCUT2D eigenvalue weighted by Gasteiger charge is 2.30. The lowest BCUT2D eigenvalue weighted by atomic mass is 10.2. The quantitative estimate of drug-likeness (QED) is 0.646. The van der Waals surface area contributed by atoms with Gasteiger partial charge in [-0.15, -0.1) is 6.54 Å². The normalized spacial score (nSPS) is 11.7. The van der Waals surface area contributed by atoms with Crippen LogP contribution in [0.15, 0.2) is 18.3 Å². The van der Waals surface area contributed by atoms with Gasteiger partial charge in [-0.3, -0.25) is 4.98 Å². The van der Waals surface area contributed by atoms with Gasteiger partial charge in [0.05, 0.1) is 5.56 Å². The second-order valence-corrected chi connectivity index (χ2v) is 2.21. The van der Waals surface area contributed by atoms with E-state index in [1.54, 1.807) is 0 Å². The molecule has 0 aliphatic carbocycles. The summed E-state index contributed by atoms with van der Waals surface area (Å²) in [6, 6.07) is 1.77. The molecule has 0 saturated carbocycles. The van der Waals surface area contributed by atoms with Gasteiger partial charge in [-0.2, -0.15) is 13.2 Å². The van der Waals surface area contributed by atoms with Crippen LogP contribution in [0, 0.1) is 0 Å². The Morgan fingerprint density at radius 2 is 2.08 bits per heavy atom. The highest BCUT2D eigenvalue weighted by molar-refractivity contribution is 5.19. The third kappa shape index (κ3) is 1.94. The first-order chi connectivity index (χ1) is 5.54. The summed E-state index contributed by atoms with van der Waals surface area (Å²) in [7, 11) is 0. The van der Waals surface area contributed by atoms with Crippen LogP contribution in [0.5, 0.6) is 0 Å². The van der Waals surface area contributed by atoms with E-state index >= 15 is 0 Å². The van der Waals surface area contributed by atoms with Crippen molar-refractivity contribution in [3.63, 3.8) is 0 Å². The summed E-state index contributed by atoms with van der Waals surface area (Å²) in [5.74, 6) is 0. The highest BCUT2D eigenvalue weighted by Crippen LogP contribution is 2.28. The van der Waals surface area contributed by atoms with Gasteiger partial charge in [-0.25, -0.2) is 0 Å². The molecule has 0 aliphatic heterocycles. The molecule has 0 amide bonds. The molecule has 1 N–H and O–H groups in total. The Balaban J connectivity index is 3.02. The Labute approximate surface area is 67.2 Å². The average Bonchev–Trinajstić information content (AvgIpc) is 2.03. The molecular weight excluding hydrogens is 169 g/mol. The smallest absolute Gasteiger partial charge is 0.416 e. The monoisotopic (exact) mass is 175 g/mol. The van der Waals surface area contributed by atoms with Crippen molar-refractivity contribution in [1.29, 1.82) is 0 Å². The topological polar surface area (TPSA) is 36.7 Å². The van der Waals surface area contributed by atoms with E-state index in [2.05, 4.69) is 4.98 Å². The van der Waals surface area contributed by atoms with Gasteiger partial charge in [0.15, 0.2) is 0 Å². The van der Waals surface area contributed by atoms with Gasteiger partial charge in [0.2, 0.25) is 0 Å². The fraction of sp³-hybridized carbons (Fsp3) is 0.286. The zero-order valence-corrected chi connectivity index (χ0v) is 6.02. The Morgan fingerprint density at radius 3 is 2.58 bits per heavy atom. The molecule has 12 heavy (non-hydrogen) atoms. The summed E-state index contributed by atoms with van der Waals surface area (Å²) in [5.41, 5.74) is 6.19. The van der Waals surface area contributed by atoms with Crippen LogP contribution in [-0.4, -0.2) is 4.98 Å². The molecular formula is C7H6F3N2-. The largest absolute Gasteiger partial charge is 0.672 e. The molecule has 1 aromatic rings. The van der Waals surface area contributed by atoms with Crippen molar-refractivity contribution in [2.24, 2.45) is 0 Å². The van der Waals surface area contributed by atoms with Crippen molar-refractivity contribution in [1.82, 2.24) is 4.98 Å². The Kier molecular flexibility index (Phi) is 2.32. The van der Waals surface area contributed by atoms with Gasteiger partial charge in [0.25, 0.3) is 0 Å². The van der Waals surface area contributed by atoms with Crippen LogP contribution < -0.4 is 0 Å². The lowest BCUT2D eigenvalue weighted by Gasteiger charge is -2.08. The molecule has 0 atom stereocenters. The highest BCUT2D eigenvalue weighted by atomic mass is 19.4. The van der Waals surface area contributed by atoms with E-state index < -0.39 is 11.7 Å². The van der Waals surface area contributed by atoms with Gasteiger partial charge in [-0.1, -0.05) is 0 Å². The van der Waals surface area contributed by atoms with Gasteiger partial charge < -0.3 is 5.73 Å². The third-order valence-corrected chi connectivity index (χ3v) is 1.33. The lowest BCUT2D eigenvalue weighted by Crippen LogP contribution is -2.05. The van der Waals surface area contributed by atoms with Crippen molar-refractivity contribution < 1.29 is 13.2 Å². The zero-order valence-electron chi connectivity index (χ0n) is 6.02. The predicted octanol–water partition coefficient (Wildman–Crippen LogP) is 2.65. The van der Waals surface area contributed by atoms with E-state index in [-0.39, 0.29) is 12.2 Å². The molecule has 5 heteroatoms. The minimum absolute atomic E-state index is 0.129. The minimum atomic E-state index is -4.34. The fourth-order valence-electron chi connectivity index (χ4n) is 0.751. The van der Waals surface area contributed by atoms with E-state index in [0.717, 1.165) is 18.3 Å². The number of alkyl halides is 3. The van der Waals surface area contributed by atoms with Crippen LogP contribution in [-0.2, 0) is 12.7 Å². The van der Waals surface area contributed by atoms with Crippen LogP contribution >= 0.6 is 0 Å². The maximum absolute atomic E-state index is 12.0. The number of nitrogens with one attached hydrogen (secondary N) is 1. The number of pyridine rings is 1. The zero-order chi connectivity index (χ0) is 9.19. The molecule has 2 nitrogen and oxygen atoms in total. The van der Waals surface area contributed by atoms with Crippen LogP contribution in [0.3, 0.4) is 0 Å². The Hall–Kier alpha value is -1.10. The molecule has 0 aromatic carbocycles. The van der Waals surface area contributed by atoms with Gasteiger partial charge >= 0.3 is 6.18 Å². The van der Waals surface area contributed by atoms with E-state index in [0.29, 0.717) is 0 Å². The second-order valence-electron chi connectivity index (χ2n) is 2.21. The number of rotatable bonds is 1. The van der Waals surface area contributed by atoms with E-state index in [1.165, 1.54) is 0 Å². The molecule has 0 bridgehead atoms. The summed E-state index contributed by atoms with van der Waals surface area (Å²) in [4.78, 5) is 3.58. The van der Waals surface area contributed by atoms with Crippen LogP contribution in [0.4, 0.5) is 13.2 Å². The van der Waals surface area contributed by atoms with Crippen molar-refractivity contribution in [3.05, 3.63) is 35.3 Å². The SMILES string of the molecule is [NH-]Cc1cc(C(F)(F)F)ccn1.